The number of ketones is 1. The zero-order valence-electron chi connectivity index (χ0n) is 24.0. The van der Waals surface area contributed by atoms with E-state index < -0.39 is 52.0 Å². The number of Topliss-reactive ketones (excluding diaryl/α,β-unsaturated/α-hetero) is 1. The number of fused-ring (bicyclic) bond motifs is 3. The molecule has 0 unspecified atom stereocenters. The van der Waals surface area contributed by atoms with E-state index in [1.165, 1.54) is 12.8 Å². The van der Waals surface area contributed by atoms with Crippen molar-refractivity contribution >= 4 is 36.1 Å². The average Bonchev–Trinajstić information content (AvgIpc) is 3.78. The first-order valence-corrected chi connectivity index (χ1v) is 14.3. The summed E-state index contributed by atoms with van der Waals surface area (Å²) in [5.41, 5.74) is 4.92. The zero-order chi connectivity index (χ0) is 29.8. The van der Waals surface area contributed by atoms with E-state index in [1.54, 1.807) is 25.1 Å². The molecule has 7 N–H and O–H groups in total. The first kappa shape index (κ1) is 28.0. The Labute approximate surface area is 240 Å². The molecule has 5 aliphatic rings. The number of carbonyl (C=O) groups is 2. The molecule has 217 valence electrons. The fourth-order valence-electron chi connectivity index (χ4n) is 7.93. The first-order chi connectivity index (χ1) is 19.2. The van der Waals surface area contributed by atoms with Crippen LogP contribution in [0.3, 0.4) is 0 Å². The number of anilines is 1. The molecule has 1 aromatic carbocycles. The van der Waals surface area contributed by atoms with E-state index in [9.17, 15) is 30.0 Å². The van der Waals surface area contributed by atoms with Gasteiger partial charge in [0.05, 0.1) is 0 Å². The number of aliphatic hydroxyl groups is 3. The van der Waals surface area contributed by atoms with Gasteiger partial charge in [0, 0.05) is 0 Å². The molecule has 6 rings (SSSR count). The predicted molar refractivity (Wildman–Crippen MR) is 156 cm³/mol. The third kappa shape index (κ3) is 3.92. The third-order valence-electron chi connectivity index (χ3n) is 10.1. The van der Waals surface area contributed by atoms with E-state index >= 15 is 0 Å². The number of phenols is 1. The molecule has 0 bridgehead atoms. The van der Waals surface area contributed by atoms with Crippen molar-refractivity contribution in [1.82, 2.24) is 10.2 Å². The third-order valence-corrected chi connectivity index (χ3v) is 10.1. The summed E-state index contributed by atoms with van der Waals surface area (Å²) in [5, 5.41) is 49.5. The number of hydrogen-bond acceptors (Lipinski definition) is 9. The number of amides is 1. The standard InChI is InChI=1S/C30H38BN4O6/c1-34(2)22-14(12-33-29(7-8-29)15-5-6-15)11-18(36)20-16(22)9-13-10-17-23(35(3)4)25(38)21(28(32)40)26(31)30(17,41)27(39)19(13)24(20)37/h11,13,15,17,23,33,36-38,41H,5-10,12H2,1-4H3,(H2,32,40)/t13-,17-,23-,30+/m0/s1. The molecule has 5 aliphatic carbocycles. The van der Waals surface area contributed by atoms with Gasteiger partial charge in [0.1, 0.15) is 0 Å². The van der Waals surface area contributed by atoms with Crippen molar-refractivity contribution in [3.63, 3.8) is 0 Å². The number of phenolic OH excluding ortho intramolecular Hbond substituents is 1. The molecule has 1 aromatic rings. The predicted octanol–water partition coefficient (Wildman–Crippen LogP) is 0.834. The number of nitrogens with zero attached hydrogens (tertiary/aromatic N) is 2. The van der Waals surface area contributed by atoms with Gasteiger partial charge in [-0.15, -0.1) is 0 Å². The van der Waals surface area contributed by atoms with Gasteiger partial charge in [0.15, 0.2) is 0 Å². The minimum absolute atomic E-state index is 0.0431. The fraction of sp³-hybridized carbons (Fsp3) is 0.567. The summed E-state index contributed by atoms with van der Waals surface area (Å²) in [4.78, 5) is 30.0. The van der Waals surface area contributed by atoms with E-state index in [1.807, 2.05) is 19.0 Å². The van der Waals surface area contributed by atoms with Crippen LogP contribution in [0.5, 0.6) is 5.75 Å². The van der Waals surface area contributed by atoms with Gasteiger partial charge >= 0.3 is 209 Å². The topological polar surface area (TPSA) is 160 Å². The normalized spacial score (nSPS) is 30.2. The second-order valence-corrected chi connectivity index (χ2v) is 13.0. The monoisotopic (exact) mass is 561 g/mol. The molecule has 0 saturated heterocycles. The number of nitrogens with two attached hydrogens (primary N) is 1. The number of likely N-dealkylation sites (N-methyl/N-ethyl adjacent to an activating group) is 1. The Morgan fingerprint density at radius 2 is 1.83 bits per heavy atom. The Bertz CT molecular complexity index is 1460. The summed E-state index contributed by atoms with van der Waals surface area (Å²) >= 11 is 0. The van der Waals surface area contributed by atoms with Gasteiger partial charge in [-0.05, 0) is 31.6 Å². The maximum absolute atomic E-state index is 14.1. The number of benzene rings is 1. The molecule has 41 heavy (non-hydrogen) atoms. The summed E-state index contributed by atoms with van der Waals surface area (Å²) < 4.78 is 0. The van der Waals surface area contributed by atoms with E-state index in [0.717, 1.165) is 29.7 Å². The Hall–Kier alpha value is -3.15. The van der Waals surface area contributed by atoms with Crippen LogP contribution in [0.4, 0.5) is 5.69 Å². The van der Waals surface area contributed by atoms with Gasteiger partial charge < -0.3 is 0 Å². The summed E-state index contributed by atoms with van der Waals surface area (Å²) in [6.07, 6.45) is 5.30. The van der Waals surface area contributed by atoms with Gasteiger partial charge in [0.25, 0.3) is 0 Å². The summed E-state index contributed by atoms with van der Waals surface area (Å²) in [6, 6.07) is 0.722. The van der Waals surface area contributed by atoms with E-state index in [0.29, 0.717) is 18.9 Å². The van der Waals surface area contributed by atoms with Gasteiger partial charge in [-0.2, -0.15) is 0 Å². The number of hydrogen-bond donors (Lipinski definition) is 6. The molecule has 3 fully saturated rings. The van der Waals surface area contributed by atoms with Gasteiger partial charge in [-0.3, -0.25) is 0 Å². The maximum atomic E-state index is 14.1. The Kier molecular flexibility index (Phi) is 6.27. The van der Waals surface area contributed by atoms with E-state index in [4.69, 9.17) is 13.2 Å². The molecule has 4 atom stereocenters. The fourth-order valence-corrected chi connectivity index (χ4v) is 7.93. The molecular formula is C30H38BN4O6. The summed E-state index contributed by atoms with van der Waals surface area (Å²) in [5.74, 6) is -3.58. The van der Waals surface area contributed by atoms with Crippen LogP contribution in [0, 0.1) is 17.8 Å². The molecule has 11 heteroatoms. The van der Waals surface area contributed by atoms with Crippen molar-refractivity contribution in [3.8, 4) is 5.75 Å². The number of nitrogens with one attached hydrogen (secondary N) is 1. The van der Waals surface area contributed by atoms with Crippen LogP contribution in [0.2, 0.25) is 0 Å². The van der Waals surface area contributed by atoms with Crippen LogP contribution in [0.1, 0.15) is 48.8 Å². The van der Waals surface area contributed by atoms with Gasteiger partial charge in [-0.25, -0.2) is 0 Å². The molecule has 3 saturated carbocycles. The van der Waals surface area contributed by atoms with Crippen molar-refractivity contribution in [2.24, 2.45) is 23.5 Å². The summed E-state index contributed by atoms with van der Waals surface area (Å²) in [6.45, 7) is 0.566. The number of aromatic hydroxyl groups is 1. The molecule has 0 spiro atoms. The van der Waals surface area contributed by atoms with Crippen molar-refractivity contribution in [2.75, 3.05) is 33.1 Å². The van der Waals surface area contributed by atoms with Crippen LogP contribution < -0.4 is 16.0 Å². The Morgan fingerprint density at radius 3 is 2.37 bits per heavy atom. The summed E-state index contributed by atoms with van der Waals surface area (Å²) in [7, 11) is 13.4. The number of aliphatic hydroxyl groups excluding tert-OH is 2. The Morgan fingerprint density at radius 1 is 1.17 bits per heavy atom. The van der Waals surface area contributed by atoms with Crippen molar-refractivity contribution in [2.45, 2.75) is 62.3 Å². The molecule has 0 aliphatic heterocycles. The minimum atomic E-state index is -2.38. The second kappa shape index (κ2) is 9.18. The second-order valence-electron chi connectivity index (χ2n) is 13.0. The van der Waals surface area contributed by atoms with Gasteiger partial charge in [-0.1, -0.05) is 0 Å². The number of rotatable bonds is 7. The molecule has 10 nitrogen and oxygen atoms in total. The van der Waals surface area contributed by atoms with Crippen LogP contribution in [-0.4, -0.2) is 95.3 Å². The molecule has 1 radical (unpaired) electrons. The van der Waals surface area contributed by atoms with Crippen LogP contribution in [-0.2, 0) is 22.6 Å². The van der Waals surface area contributed by atoms with Crippen LogP contribution in [0.15, 0.2) is 23.0 Å². The molecule has 1 amide bonds. The van der Waals surface area contributed by atoms with Crippen molar-refractivity contribution in [1.29, 1.82) is 0 Å². The SMILES string of the molecule is [B]=C1C(C(N)=O)=C(O)[C@@H](N(C)C)[C@@H]2C[C@@H]3Cc4c(c(O)cc(CNC5(C6CC6)CC5)c4N(C)C)C(O)=C3C(=O)[C@]12O. The van der Waals surface area contributed by atoms with Crippen LogP contribution >= 0.6 is 0 Å². The first-order valence-electron chi connectivity index (χ1n) is 14.3. The number of carbonyl (C=O) groups excluding carboxylic acids is 2. The van der Waals surface area contributed by atoms with Gasteiger partial charge in [0.2, 0.25) is 0 Å². The molecule has 0 heterocycles. The quantitative estimate of drug-likeness (QED) is 0.265. The molecular weight excluding hydrogens is 523 g/mol. The number of primary amides is 1. The van der Waals surface area contributed by atoms with E-state index in [2.05, 4.69) is 5.32 Å². The van der Waals surface area contributed by atoms with E-state index in [-0.39, 0.29) is 34.6 Å². The zero-order valence-corrected chi connectivity index (χ0v) is 24.0. The Balaban J connectivity index is 1.46. The molecule has 0 aromatic heterocycles. The average molecular weight is 561 g/mol. The van der Waals surface area contributed by atoms with Crippen LogP contribution in [0.25, 0.3) is 5.76 Å². The van der Waals surface area contributed by atoms with Crippen molar-refractivity contribution in [3.05, 3.63) is 39.7 Å². The van der Waals surface area contributed by atoms with Crippen molar-refractivity contribution < 1.29 is 30.0 Å².